The predicted molar refractivity (Wildman–Crippen MR) is 127 cm³/mol. The molecule has 1 aliphatic heterocycles. The first-order valence-corrected chi connectivity index (χ1v) is 11.0. The summed E-state index contributed by atoms with van der Waals surface area (Å²) in [6.07, 6.45) is 3.71. The van der Waals surface area contributed by atoms with Crippen LogP contribution in [-0.4, -0.2) is 50.9 Å². The van der Waals surface area contributed by atoms with E-state index in [2.05, 4.69) is 50.5 Å². The average Bonchev–Trinajstić information content (AvgIpc) is 3.18. The Bertz CT molecular complexity index is 1000. The fraction of sp³-hybridized carbons (Fsp3) is 0.273. The summed E-state index contributed by atoms with van der Waals surface area (Å²) in [6.45, 7) is 5.36. The summed E-state index contributed by atoms with van der Waals surface area (Å²) >= 11 is 17.8. The number of aromatic nitrogens is 2. The van der Waals surface area contributed by atoms with E-state index in [0.717, 1.165) is 49.1 Å². The molecule has 0 aliphatic carbocycles. The largest absolute Gasteiger partial charge is 0.346 e. The minimum Gasteiger partial charge on any atom is -0.346 e. The molecule has 1 aromatic heterocycles. The van der Waals surface area contributed by atoms with Crippen LogP contribution in [0.5, 0.6) is 0 Å². The van der Waals surface area contributed by atoms with Crippen LogP contribution in [0.15, 0.2) is 60.9 Å². The molecule has 30 heavy (non-hydrogen) atoms. The number of nitrogens with one attached hydrogen (secondary N) is 1. The third kappa shape index (κ3) is 5.52. The zero-order valence-electron chi connectivity index (χ0n) is 16.5. The first-order chi connectivity index (χ1) is 14.6. The lowest BCUT2D eigenvalue weighted by Gasteiger charge is -2.36. The van der Waals surface area contributed by atoms with E-state index in [1.165, 1.54) is 5.56 Å². The molecular weight excluding hydrogens is 437 g/mol. The Balaban J connectivity index is 1.27. The Hall–Kier alpha value is -2.12. The molecule has 1 saturated heterocycles. The first-order valence-electron chi connectivity index (χ1n) is 9.85. The fourth-order valence-electron chi connectivity index (χ4n) is 3.49. The lowest BCUT2D eigenvalue weighted by atomic mass is 10.2. The van der Waals surface area contributed by atoms with Crippen LogP contribution in [0.4, 0.5) is 5.69 Å². The number of benzene rings is 2. The van der Waals surface area contributed by atoms with Crippen molar-refractivity contribution in [3.05, 3.63) is 82.1 Å². The molecule has 0 unspecified atom stereocenters. The van der Waals surface area contributed by atoms with Gasteiger partial charge in [0, 0.05) is 49.0 Å². The molecule has 0 radical (unpaired) electrons. The Morgan fingerprint density at radius 1 is 1.00 bits per heavy atom. The van der Waals surface area contributed by atoms with Crippen LogP contribution in [0.1, 0.15) is 11.1 Å². The van der Waals surface area contributed by atoms with Crippen molar-refractivity contribution in [2.24, 2.45) is 0 Å². The molecule has 156 valence electrons. The van der Waals surface area contributed by atoms with Gasteiger partial charge in [0.2, 0.25) is 0 Å². The van der Waals surface area contributed by atoms with Gasteiger partial charge in [-0.3, -0.25) is 9.58 Å². The summed E-state index contributed by atoms with van der Waals surface area (Å²) in [5.41, 5.74) is 3.18. The van der Waals surface area contributed by atoms with Gasteiger partial charge in [0.05, 0.1) is 18.4 Å². The molecular formula is C22H23Cl2N5S. The average molecular weight is 460 g/mol. The third-order valence-corrected chi connectivity index (χ3v) is 6.09. The van der Waals surface area contributed by atoms with Gasteiger partial charge in [-0.25, -0.2) is 0 Å². The first kappa shape index (κ1) is 21.1. The highest BCUT2D eigenvalue weighted by Gasteiger charge is 2.19. The Labute approximate surface area is 192 Å². The Morgan fingerprint density at radius 3 is 2.50 bits per heavy atom. The maximum Gasteiger partial charge on any atom is 0.173 e. The summed E-state index contributed by atoms with van der Waals surface area (Å²) < 4.78 is 1.83. The molecule has 0 saturated carbocycles. The summed E-state index contributed by atoms with van der Waals surface area (Å²) in [5.74, 6) is 0. The van der Waals surface area contributed by atoms with Gasteiger partial charge in [-0.15, -0.1) is 0 Å². The number of piperazine rings is 1. The van der Waals surface area contributed by atoms with Gasteiger partial charge in [0.25, 0.3) is 0 Å². The number of thiocarbonyl (C=S) groups is 1. The van der Waals surface area contributed by atoms with Crippen LogP contribution < -0.4 is 5.32 Å². The van der Waals surface area contributed by atoms with Crippen LogP contribution >= 0.6 is 35.4 Å². The molecule has 2 heterocycles. The van der Waals surface area contributed by atoms with Gasteiger partial charge >= 0.3 is 0 Å². The number of nitrogens with zero attached hydrogens (tertiary/aromatic N) is 4. The van der Waals surface area contributed by atoms with Crippen molar-refractivity contribution < 1.29 is 0 Å². The van der Waals surface area contributed by atoms with Crippen LogP contribution in [0, 0.1) is 0 Å². The van der Waals surface area contributed by atoms with Gasteiger partial charge < -0.3 is 10.2 Å². The molecule has 1 N–H and O–H groups in total. The SMILES string of the molecule is S=C(Nc1cnn(Cc2ccc(Cl)cc2Cl)c1)N1CCN(Cc2ccccc2)CC1. The fourth-order valence-corrected chi connectivity index (χ4v) is 4.26. The molecule has 0 atom stereocenters. The monoisotopic (exact) mass is 459 g/mol. The van der Waals surface area contributed by atoms with E-state index in [1.54, 1.807) is 12.3 Å². The van der Waals surface area contributed by atoms with Gasteiger partial charge in [0.15, 0.2) is 5.11 Å². The van der Waals surface area contributed by atoms with Crippen molar-refractivity contribution in [3.8, 4) is 0 Å². The van der Waals surface area contributed by atoms with Crippen LogP contribution in [0.25, 0.3) is 0 Å². The minimum atomic E-state index is 0.572. The van der Waals surface area contributed by atoms with E-state index in [9.17, 15) is 0 Å². The van der Waals surface area contributed by atoms with Gasteiger partial charge in [0.1, 0.15) is 0 Å². The molecule has 1 aliphatic rings. The summed E-state index contributed by atoms with van der Waals surface area (Å²) in [4.78, 5) is 4.67. The normalized spacial score (nSPS) is 14.7. The molecule has 0 amide bonds. The highest BCUT2D eigenvalue weighted by molar-refractivity contribution is 7.80. The van der Waals surface area contributed by atoms with E-state index < -0.39 is 0 Å². The lowest BCUT2D eigenvalue weighted by Crippen LogP contribution is -2.49. The number of rotatable bonds is 5. The minimum absolute atomic E-state index is 0.572. The van der Waals surface area contributed by atoms with Crippen molar-refractivity contribution in [2.45, 2.75) is 13.1 Å². The number of hydrogen-bond acceptors (Lipinski definition) is 3. The van der Waals surface area contributed by atoms with E-state index in [4.69, 9.17) is 35.4 Å². The lowest BCUT2D eigenvalue weighted by molar-refractivity contribution is 0.177. The van der Waals surface area contributed by atoms with Crippen molar-refractivity contribution >= 4 is 46.2 Å². The van der Waals surface area contributed by atoms with Gasteiger partial charge in [-0.2, -0.15) is 5.10 Å². The van der Waals surface area contributed by atoms with Gasteiger partial charge in [-0.05, 0) is 35.5 Å². The van der Waals surface area contributed by atoms with E-state index in [1.807, 2.05) is 23.0 Å². The molecule has 3 aromatic rings. The molecule has 0 spiro atoms. The highest BCUT2D eigenvalue weighted by Crippen LogP contribution is 2.22. The maximum atomic E-state index is 6.26. The zero-order chi connectivity index (χ0) is 20.9. The van der Waals surface area contributed by atoms with Crippen LogP contribution in [-0.2, 0) is 13.1 Å². The molecule has 1 fully saturated rings. The van der Waals surface area contributed by atoms with Crippen molar-refractivity contribution in [3.63, 3.8) is 0 Å². The number of hydrogen-bond donors (Lipinski definition) is 1. The summed E-state index contributed by atoms with van der Waals surface area (Å²) in [5, 5.41) is 9.71. The summed E-state index contributed by atoms with van der Waals surface area (Å²) in [7, 11) is 0. The number of anilines is 1. The zero-order valence-corrected chi connectivity index (χ0v) is 18.8. The molecule has 8 heteroatoms. The van der Waals surface area contributed by atoms with E-state index in [-0.39, 0.29) is 0 Å². The standard InChI is InChI=1S/C22H23Cl2N5S/c23-19-7-6-18(21(24)12-19)15-29-16-20(13-25-29)26-22(30)28-10-8-27(9-11-28)14-17-4-2-1-3-5-17/h1-7,12-13,16H,8-11,14-15H2,(H,26,30). The van der Waals surface area contributed by atoms with Gasteiger partial charge in [-0.1, -0.05) is 59.6 Å². The molecule has 4 rings (SSSR count). The summed E-state index contributed by atoms with van der Waals surface area (Å²) in [6, 6.07) is 16.1. The smallest absolute Gasteiger partial charge is 0.173 e. The van der Waals surface area contributed by atoms with Crippen molar-refractivity contribution in [2.75, 3.05) is 31.5 Å². The second kappa shape index (κ2) is 9.79. The van der Waals surface area contributed by atoms with Crippen LogP contribution in [0.3, 0.4) is 0 Å². The van der Waals surface area contributed by atoms with Crippen molar-refractivity contribution in [1.82, 2.24) is 19.6 Å². The maximum absolute atomic E-state index is 6.26. The predicted octanol–water partition coefficient (Wildman–Crippen LogP) is 4.75. The second-order valence-electron chi connectivity index (χ2n) is 7.34. The molecule has 2 aromatic carbocycles. The topological polar surface area (TPSA) is 36.3 Å². The number of halogens is 2. The molecule has 0 bridgehead atoms. The van der Waals surface area contributed by atoms with E-state index >= 15 is 0 Å². The molecule has 5 nitrogen and oxygen atoms in total. The van der Waals surface area contributed by atoms with E-state index in [0.29, 0.717) is 16.6 Å². The Kier molecular flexibility index (Phi) is 6.89. The highest BCUT2D eigenvalue weighted by atomic mass is 35.5. The Morgan fingerprint density at radius 2 is 1.77 bits per heavy atom. The second-order valence-corrected chi connectivity index (χ2v) is 8.57. The quantitative estimate of drug-likeness (QED) is 0.556. The van der Waals surface area contributed by atoms with Crippen LogP contribution in [0.2, 0.25) is 10.0 Å². The van der Waals surface area contributed by atoms with Crippen molar-refractivity contribution in [1.29, 1.82) is 0 Å². The third-order valence-electron chi connectivity index (χ3n) is 5.14.